The van der Waals surface area contributed by atoms with Crippen LogP contribution in [-0.4, -0.2) is 30.3 Å². The van der Waals surface area contributed by atoms with E-state index in [0.29, 0.717) is 12.1 Å². The molecule has 1 N–H and O–H groups in total. The van der Waals surface area contributed by atoms with E-state index in [1.807, 2.05) is 13.8 Å². The standard InChI is InChI=1S/C15H18N2O2/c1-5-12-6-8-13(9-7-12)16-15(19)14(11(2)3)17(4)10-18/h1,6-11,14H,2-4H3,(H,16,19)/t14-/m0/s1. The van der Waals surface area contributed by atoms with E-state index in [2.05, 4.69) is 11.2 Å². The Hall–Kier alpha value is -2.28. The lowest BCUT2D eigenvalue weighted by molar-refractivity contribution is -0.130. The fourth-order valence-electron chi connectivity index (χ4n) is 1.89. The number of nitrogens with one attached hydrogen (secondary N) is 1. The summed E-state index contributed by atoms with van der Waals surface area (Å²) >= 11 is 0. The van der Waals surface area contributed by atoms with Crippen LogP contribution < -0.4 is 5.32 Å². The van der Waals surface area contributed by atoms with Gasteiger partial charge in [0.2, 0.25) is 12.3 Å². The maximum Gasteiger partial charge on any atom is 0.247 e. The van der Waals surface area contributed by atoms with Crippen LogP contribution in [0.4, 0.5) is 5.69 Å². The van der Waals surface area contributed by atoms with Crippen LogP contribution in [-0.2, 0) is 9.59 Å². The normalized spacial score (nSPS) is 11.5. The number of benzene rings is 1. The second kappa shape index (κ2) is 6.60. The first-order valence-electron chi connectivity index (χ1n) is 6.04. The third-order valence-corrected chi connectivity index (χ3v) is 2.82. The Morgan fingerprint density at radius 3 is 2.37 bits per heavy atom. The molecule has 1 aromatic carbocycles. The van der Waals surface area contributed by atoms with Gasteiger partial charge in [0.25, 0.3) is 0 Å². The summed E-state index contributed by atoms with van der Waals surface area (Å²) in [6.45, 7) is 3.79. The topological polar surface area (TPSA) is 49.4 Å². The van der Waals surface area contributed by atoms with Crippen LogP contribution in [0, 0.1) is 18.3 Å². The number of nitrogens with zero attached hydrogens (tertiary/aromatic N) is 1. The van der Waals surface area contributed by atoms with Gasteiger partial charge in [0.05, 0.1) is 0 Å². The van der Waals surface area contributed by atoms with Gasteiger partial charge in [0, 0.05) is 18.3 Å². The monoisotopic (exact) mass is 258 g/mol. The van der Waals surface area contributed by atoms with Crippen molar-refractivity contribution in [2.24, 2.45) is 5.92 Å². The number of amides is 2. The molecule has 0 aliphatic carbocycles. The van der Waals surface area contributed by atoms with E-state index in [9.17, 15) is 9.59 Å². The summed E-state index contributed by atoms with van der Waals surface area (Å²) in [5.74, 6) is 2.33. The first-order chi connectivity index (χ1) is 8.99. The number of rotatable bonds is 5. The van der Waals surface area contributed by atoms with E-state index in [1.165, 1.54) is 4.90 Å². The molecule has 0 saturated carbocycles. The molecule has 0 aliphatic heterocycles. The Morgan fingerprint density at radius 1 is 1.37 bits per heavy atom. The van der Waals surface area contributed by atoms with Crippen molar-refractivity contribution < 1.29 is 9.59 Å². The summed E-state index contributed by atoms with van der Waals surface area (Å²) in [6.07, 6.45) is 5.92. The fraction of sp³-hybridized carbons (Fsp3) is 0.333. The number of carbonyl (C=O) groups excluding carboxylic acids is 2. The van der Waals surface area contributed by atoms with Crippen molar-refractivity contribution in [3.05, 3.63) is 29.8 Å². The molecule has 100 valence electrons. The second-order valence-corrected chi connectivity index (χ2v) is 4.67. The maximum atomic E-state index is 12.2. The van der Waals surface area contributed by atoms with Gasteiger partial charge in [0.1, 0.15) is 6.04 Å². The quantitative estimate of drug-likeness (QED) is 0.646. The van der Waals surface area contributed by atoms with E-state index >= 15 is 0 Å². The molecule has 0 bridgehead atoms. The highest BCUT2D eigenvalue weighted by molar-refractivity contribution is 5.96. The van der Waals surface area contributed by atoms with Crippen molar-refractivity contribution in [1.82, 2.24) is 4.90 Å². The van der Waals surface area contributed by atoms with Crippen molar-refractivity contribution >= 4 is 18.0 Å². The zero-order valence-corrected chi connectivity index (χ0v) is 11.4. The minimum absolute atomic E-state index is 0.0279. The Kier molecular flexibility index (Phi) is 5.13. The van der Waals surface area contributed by atoms with Crippen molar-refractivity contribution in [2.45, 2.75) is 19.9 Å². The molecule has 0 unspecified atom stereocenters. The van der Waals surface area contributed by atoms with Gasteiger partial charge in [-0.05, 0) is 30.2 Å². The first-order valence-corrected chi connectivity index (χ1v) is 6.04. The van der Waals surface area contributed by atoms with Crippen LogP contribution in [0.15, 0.2) is 24.3 Å². The molecule has 1 rings (SSSR count). The number of likely N-dealkylation sites (N-methyl/N-ethyl adjacent to an activating group) is 1. The van der Waals surface area contributed by atoms with Gasteiger partial charge >= 0.3 is 0 Å². The van der Waals surface area contributed by atoms with Gasteiger partial charge in [-0.2, -0.15) is 0 Å². The lowest BCUT2D eigenvalue weighted by Gasteiger charge is -2.26. The van der Waals surface area contributed by atoms with E-state index in [0.717, 1.165) is 5.56 Å². The van der Waals surface area contributed by atoms with Crippen LogP contribution in [0.1, 0.15) is 19.4 Å². The number of hydrogen-bond donors (Lipinski definition) is 1. The van der Waals surface area contributed by atoms with Gasteiger partial charge in [-0.3, -0.25) is 9.59 Å². The first kappa shape index (κ1) is 14.8. The lowest BCUT2D eigenvalue weighted by atomic mass is 10.0. The van der Waals surface area contributed by atoms with Crippen molar-refractivity contribution in [2.75, 3.05) is 12.4 Å². The third kappa shape index (κ3) is 3.85. The van der Waals surface area contributed by atoms with E-state index in [1.54, 1.807) is 31.3 Å². The Morgan fingerprint density at radius 2 is 1.95 bits per heavy atom. The Balaban J connectivity index is 2.81. The zero-order chi connectivity index (χ0) is 14.4. The highest BCUT2D eigenvalue weighted by Crippen LogP contribution is 2.13. The molecular weight excluding hydrogens is 240 g/mol. The minimum Gasteiger partial charge on any atom is -0.336 e. The largest absolute Gasteiger partial charge is 0.336 e. The Labute approximate surface area is 113 Å². The zero-order valence-electron chi connectivity index (χ0n) is 11.4. The van der Waals surface area contributed by atoms with E-state index in [-0.39, 0.29) is 11.8 Å². The average molecular weight is 258 g/mol. The summed E-state index contributed by atoms with van der Waals surface area (Å²) in [5.41, 5.74) is 1.41. The molecule has 0 fully saturated rings. The molecule has 0 saturated heterocycles. The number of anilines is 1. The van der Waals surface area contributed by atoms with Gasteiger partial charge < -0.3 is 10.2 Å². The fourth-order valence-corrected chi connectivity index (χ4v) is 1.89. The molecule has 4 heteroatoms. The minimum atomic E-state index is -0.496. The van der Waals surface area contributed by atoms with Crippen LogP contribution in [0.5, 0.6) is 0 Å². The van der Waals surface area contributed by atoms with Gasteiger partial charge in [-0.25, -0.2) is 0 Å². The molecule has 0 aliphatic rings. The van der Waals surface area contributed by atoms with Crippen LogP contribution in [0.3, 0.4) is 0 Å². The average Bonchev–Trinajstić information content (AvgIpc) is 2.39. The lowest BCUT2D eigenvalue weighted by Crippen LogP contribution is -2.44. The molecular formula is C15H18N2O2. The molecule has 0 radical (unpaired) electrons. The summed E-state index contributed by atoms with van der Waals surface area (Å²) in [5, 5.41) is 2.78. The SMILES string of the molecule is C#Cc1ccc(NC(=O)[C@H](C(C)C)N(C)C=O)cc1. The number of terminal acetylenes is 1. The third-order valence-electron chi connectivity index (χ3n) is 2.82. The van der Waals surface area contributed by atoms with Gasteiger partial charge in [-0.1, -0.05) is 19.8 Å². The van der Waals surface area contributed by atoms with Crippen molar-refractivity contribution in [1.29, 1.82) is 0 Å². The highest BCUT2D eigenvalue weighted by Gasteiger charge is 2.25. The number of carbonyl (C=O) groups is 2. The van der Waals surface area contributed by atoms with Crippen LogP contribution in [0.2, 0.25) is 0 Å². The molecule has 1 aromatic rings. The predicted octanol–water partition coefficient (Wildman–Crippen LogP) is 1.72. The van der Waals surface area contributed by atoms with Crippen LogP contribution in [0.25, 0.3) is 0 Å². The van der Waals surface area contributed by atoms with E-state index < -0.39 is 6.04 Å². The van der Waals surface area contributed by atoms with Gasteiger partial charge in [0.15, 0.2) is 0 Å². The molecule has 19 heavy (non-hydrogen) atoms. The summed E-state index contributed by atoms with van der Waals surface area (Å²) < 4.78 is 0. The molecule has 0 heterocycles. The Bertz CT molecular complexity index is 486. The van der Waals surface area contributed by atoms with Crippen molar-refractivity contribution in [3.63, 3.8) is 0 Å². The summed E-state index contributed by atoms with van der Waals surface area (Å²) in [6, 6.07) is 6.49. The molecule has 0 aromatic heterocycles. The molecule has 4 nitrogen and oxygen atoms in total. The molecule has 1 atom stereocenters. The van der Waals surface area contributed by atoms with Gasteiger partial charge in [-0.15, -0.1) is 6.42 Å². The smallest absolute Gasteiger partial charge is 0.247 e. The molecule has 2 amide bonds. The van der Waals surface area contributed by atoms with E-state index in [4.69, 9.17) is 6.42 Å². The number of hydrogen-bond acceptors (Lipinski definition) is 2. The summed E-state index contributed by atoms with van der Waals surface area (Å²) in [7, 11) is 1.60. The summed E-state index contributed by atoms with van der Waals surface area (Å²) in [4.78, 5) is 24.3. The van der Waals surface area contributed by atoms with Crippen molar-refractivity contribution in [3.8, 4) is 12.3 Å². The maximum absolute atomic E-state index is 12.2. The highest BCUT2D eigenvalue weighted by atomic mass is 16.2. The second-order valence-electron chi connectivity index (χ2n) is 4.67. The predicted molar refractivity (Wildman–Crippen MR) is 75.5 cm³/mol. The molecule has 0 spiro atoms. The van der Waals surface area contributed by atoms with Crippen LogP contribution >= 0.6 is 0 Å².